The monoisotopic (exact) mass is 323 g/mol. The average Bonchev–Trinajstić information content (AvgIpc) is 2.32. The standard InChI is InChI=1S/C13H19Cl2NO2S/c1-13(17,8-19-3)7-16-6-9-4-11(15)12(18-2)5-10(9)14/h4-5,16-17H,6-8H2,1-3H3. The number of thioether (sulfide) groups is 1. The Kier molecular flexibility index (Phi) is 6.77. The van der Waals surface area contributed by atoms with Crippen LogP contribution in [-0.2, 0) is 6.54 Å². The minimum absolute atomic E-state index is 0.494. The Hall–Kier alpha value is -0.130. The molecule has 0 spiro atoms. The number of ether oxygens (including phenoxy) is 1. The predicted molar refractivity (Wildman–Crippen MR) is 83.7 cm³/mol. The summed E-state index contributed by atoms with van der Waals surface area (Å²) in [5.41, 5.74) is 0.148. The minimum Gasteiger partial charge on any atom is -0.495 e. The van der Waals surface area contributed by atoms with E-state index < -0.39 is 5.60 Å². The Bertz CT molecular complexity index is 427. The second-order valence-electron chi connectivity index (χ2n) is 4.61. The summed E-state index contributed by atoms with van der Waals surface area (Å²) in [4.78, 5) is 0. The maximum Gasteiger partial charge on any atom is 0.138 e. The fraction of sp³-hybridized carbons (Fsp3) is 0.538. The molecule has 0 aliphatic rings. The highest BCUT2D eigenvalue weighted by Crippen LogP contribution is 2.30. The van der Waals surface area contributed by atoms with Crippen LogP contribution in [0, 0.1) is 0 Å². The molecular weight excluding hydrogens is 305 g/mol. The van der Waals surface area contributed by atoms with Crippen molar-refractivity contribution in [1.82, 2.24) is 5.32 Å². The lowest BCUT2D eigenvalue weighted by molar-refractivity contribution is 0.0846. The molecule has 0 heterocycles. The van der Waals surface area contributed by atoms with Gasteiger partial charge in [-0.2, -0.15) is 11.8 Å². The lowest BCUT2D eigenvalue weighted by atomic mass is 10.1. The average molecular weight is 324 g/mol. The van der Waals surface area contributed by atoms with Crippen molar-refractivity contribution in [3.05, 3.63) is 27.7 Å². The van der Waals surface area contributed by atoms with Crippen LogP contribution in [0.3, 0.4) is 0 Å². The molecule has 6 heteroatoms. The summed E-state index contributed by atoms with van der Waals surface area (Å²) in [6.45, 7) is 2.85. The van der Waals surface area contributed by atoms with Crippen LogP contribution in [0.25, 0.3) is 0 Å². The summed E-state index contributed by atoms with van der Waals surface area (Å²) in [7, 11) is 1.55. The van der Waals surface area contributed by atoms with Crippen molar-refractivity contribution in [3.63, 3.8) is 0 Å². The molecule has 0 bridgehead atoms. The molecule has 1 unspecified atom stereocenters. The molecule has 2 N–H and O–H groups in total. The van der Waals surface area contributed by atoms with Gasteiger partial charge in [0.05, 0.1) is 17.7 Å². The van der Waals surface area contributed by atoms with Crippen molar-refractivity contribution in [1.29, 1.82) is 0 Å². The van der Waals surface area contributed by atoms with Crippen LogP contribution in [0.5, 0.6) is 5.75 Å². The van der Waals surface area contributed by atoms with E-state index in [-0.39, 0.29) is 0 Å². The maximum absolute atomic E-state index is 10.0. The van der Waals surface area contributed by atoms with Crippen molar-refractivity contribution < 1.29 is 9.84 Å². The van der Waals surface area contributed by atoms with E-state index in [1.54, 1.807) is 37.9 Å². The van der Waals surface area contributed by atoms with E-state index >= 15 is 0 Å². The van der Waals surface area contributed by atoms with E-state index in [0.29, 0.717) is 34.6 Å². The third-order valence-corrected chi connectivity index (χ3v) is 4.16. The molecule has 108 valence electrons. The van der Waals surface area contributed by atoms with E-state index in [9.17, 15) is 5.11 Å². The first-order valence-corrected chi connectivity index (χ1v) is 7.98. The van der Waals surface area contributed by atoms with Gasteiger partial charge in [-0.15, -0.1) is 0 Å². The van der Waals surface area contributed by atoms with Crippen molar-refractivity contribution in [2.75, 3.05) is 25.7 Å². The van der Waals surface area contributed by atoms with E-state index in [1.165, 1.54) is 0 Å². The zero-order chi connectivity index (χ0) is 14.5. The fourth-order valence-electron chi connectivity index (χ4n) is 1.69. The number of rotatable bonds is 7. The van der Waals surface area contributed by atoms with Gasteiger partial charge in [-0.1, -0.05) is 23.2 Å². The quantitative estimate of drug-likeness (QED) is 0.808. The number of methoxy groups -OCH3 is 1. The molecule has 3 nitrogen and oxygen atoms in total. The molecule has 1 atom stereocenters. The highest BCUT2D eigenvalue weighted by molar-refractivity contribution is 7.98. The SMILES string of the molecule is COc1cc(Cl)c(CNCC(C)(O)CSC)cc1Cl. The molecule has 0 fully saturated rings. The van der Waals surface area contributed by atoms with Gasteiger partial charge >= 0.3 is 0 Å². The van der Waals surface area contributed by atoms with E-state index in [0.717, 1.165) is 5.56 Å². The molecule has 0 radical (unpaired) electrons. The molecule has 0 aliphatic carbocycles. The van der Waals surface area contributed by atoms with Gasteiger partial charge in [-0.25, -0.2) is 0 Å². The Morgan fingerprint density at radius 2 is 2.05 bits per heavy atom. The summed E-state index contributed by atoms with van der Waals surface area (Å²) in [5.74, 6) is 1.24. The van der Waals surface area contributed by atoms with E-state index in [2.05, 4.69) is 5.32 Å². The lowest BCUT2D eigenvalue weighted by Crippen LogP contribution is -2.39. The van der Waals surface area contributed by atoms with Crippen molar-refractivity contribution in [2.45, 2.75) is 19.1 Å². The van der Waals surface area contributed by atoms with Crippen molar-refractivity contribution in [3.8, 4) is 5.75 Å². The van der Waals surface area contributed by atoms with Gasteiger partial charge in [0.15, 0.2) is 0 Å². The predicted octanol–water partition coefficient (Wildman–Crippen LogP) is 3.21. The van der Waals surface area contributed by atoms with Crippen LogP contribution in [0.1, 0.15) is 12.5 Å². The van der Waals surface area contributed by atoms with Crippen molar-refractivity contribution in [2.24, 2.45) is 0 Å². The summed E-state index contributed by atoms with van der Waals surface area (Å²) >= 11 is 13.8. The normalized spacial score (nSPS) is 14.2. The molecular formula is C13H19Cl2NO2S. The summed E-state index contributed by atoms with van der Waals surface area (Å²) in [6.07, 6.45) is 1.97. The van der Waals surface area contributed by atoms with Crippen LogP contribution in [0.15, 0.2) is 12.1 Å². The molecule has 1 rings (SSSR count). The number of benzene rings is 1. The topological polar surface area (TPSA) is 41.5 Å². The number of nitrogens with one attached hydrogen (secondary N) is 1. The van der Waals surface area contributed by atoms with Gasteiger partial charge in [-0.05, 0) is 24.8 Å². The molecule has 0 aliphatic heterocycles. The second kappa shape index (κ2) is 7.60. The summed E-state index contributed by atoms with van der Waals surface area (Å²) in [5, 5.41) is 14.3. The van der Waals surface area contributed by atoms with Gasteiger partial charge in [0.25, 0.3) is 0 Å². The molecule has 1 aromatic carbocycles. The first-order valence-electron chi connectivity index (χ1n) is 5.83. The molecule has 0 aromatic heterocycles. The Morgan fingerprint density at radius 1 is 1.37 bits per heavy atom. The molecule has 1 aromatic rings. The van der Waals surface area contributed by atoms with Gasteiger partial charge in [0, 0.05) is 29.9 Å². The minimum atomic E-state index is -0.734. The van der Waals surface area contributed by atoms with Gasteiger partial charge in [-0.3, -0.25) is 0 Å². The fourth-order valence-corrected chi connectivity index (χ4v) is 2.90. The van der Waals surface area contributed by atoms with E-state index in [4.69, 9.17) is 27.9 Å². The summed E-state index contributed by atoms with van der Waals surface area (Å²) in [6, 6.07) is 3.47. The van der Waals surface area contributed by atoms with Crippen LogP contribution in [-0.4, -0.2) is 36.4 Å². The second-order valence-corrected chi connectivity index (χ2v) is 6.29. The van der Waals surface area contributed by atoms with Crippen LogP contribution < -0.4 is 10.1 Å². The molecule has 0 amide bonds. The third kappa shape index (κ3) is 5.40. The molecule has 0 saturated carbocycles. The number of hydrogen-bond acceptors (Lipinski definition) is 4. The van der Waals surface area contributed by atoms with Crippen LogP contribution in [0.4, 0.5) is 0 Å². The Balaban J connectivity index is 2.61. The van der Waals surface area contributed by atoms with Gasteiger partial charge in [0.2, 0.25) is 0 Å². The highest BCUT2D eigenvalue weighted by atomic mass is 35.5. The smallest absolute Gasteiger partial charge is 0.138 e. The largest absolute Gasteiger partial charge is 0.495 e. The highest BCUT2D eigenvalue weighted by Gasteiger charge is 2.19. The third-order valence-electron chi connectivity index (χ3n) is 2.60. The molecule has 0 saturated heterocycles. The van der Waals surface area contributed by atoms with Crippen LogP contribution >= 0.6 is 35.0 Å². The van der Waals surface area contributed by atoms with Gasteiger partial charge in [0.1, 0.15) is 5.75 Å². The maximum atomic E-state index is 10.0. The Morgan fingerprint density at radius 3 is 2.63 bits per heavy atom. The van der Waals surface area contributed by atoms with Crippen molar-refractivity contribution >= 4 is 35.0 Å². The van der Waals surface area contributed by atoms with Crippen LogP contribution in [0.2, 0.25) is 10.0 Å². The zero-order valence-electron chi connectivity index (χ0n) is 11.3. The van der Waals surface area contributed by atoms with E-state index in [1.807, 2.05) is 6.26 Å². The molecule has 19 heavy (non-hydrogen) atoms. The number of halogens is 2. The Labute approximate surface area is 128 Å². The lowest BCUT2D eigenvalue weighted by Gasteiger charge is -2.22. The zero-order valence-corrected chi connectivity index (χ0v) is 13.6. The number of hydrogen-bond donors (Lipinski definition) is 2. The number of aliphatic hydroxyl groups is 1. The first kappa shape index (κ1) is 16.9. The first-order chi connectivity index (χ1) is 8.89. The van der Waals surface area contributed by atoms with Gasteiger partial charge < -0.3 is 15.2 Å². The summed E-state index contributed by atoms with van der Waals surface area (Å²) < 4.78 is 5.09.